The van der Waals surface area contributed by atoms with Crippen LogP contribution < -0.4 is 4.31 Å². The van der Waals surface area contributed by atoms with Crippen molar-refractivity contribution in [3.8, 4) is 0 Å². The lowest BCUT2D eigenvalue weighted by Gasteiger charge is -2.53. The molecule has 0 aromatic heterocycles. The molecule has 4 fully saturated rings. The summed E-state index contributed by atoms with van der Waals surface area (Å²) in [6, 6.07) is 15.8. The van der Waals surface area contributed by atoms with Crippen molar-refractivity contribution in [1.29, 1.82) is 0 Å². The second kappa shape index (κ2) is 6.96. The quantitative estimate of drug-likeness (QED) is 0.574. The van der Waals surface area contributed by atoms with Gasteiger partial charge in [0.15, 0.2) is 10.2 Å². The van der Waals surface area contributed by atoms with Crippen LogP contribution in [0.5, 0.6) is 0 Å². The number of anilines is 1. The number of likely N-dealkylation sites (N-methyl/N-ethyl adjacent to an activating group) is 1. The van der Waals surface area contributed by atoms with Crippen molar-refractivity contribution in [1.82, 2.24) is 9.80 Å². The highest BCUT2D eigenvalue weighted by Gasteiger charge is 2.77. The Morgan fingerprint density at radius 1 is 1.03 bits per heavy atom. The lowest BCUT2D eigenvalue weighted by atomic mass is 9.72. The van der Waals surface area contributed by atoms with Gasteiger partial charge in [-0.1, -0.05) is 76.2 Å². The van der Waals surface area contributed by atoms with Crippen molar-refractivity contribution >= 4 is 49.1 Å². The van der Waals surface area contributed by atoms with Gasteiger partial charge < -0.3 is 4.90 Å². The molecule has 178 valence electrons. The number of para-hydroxylation sites is 1. The summed E-state index contributed by atoms with van der Waals surface area (Å²) in [5, 5.41) is -0.678. The predicted octanol–water partition coefficient (Wildman–Crippen LogP) is 3.47. The largest absolute Gasteiger partial charge is 0.322 e. The Balaban J connectivity index is 1.55. The number of carbonyl (C=O) groups is 2. The number of allylic oxidation sites excluding steroid dienone is 3. The van der Waals surface area contributed by atoms with E-state index in [0.717, 1.165) is 17.6 Å². The molecule has 2 aromatic rings. The number of sulfonamides is 1. The van der Waals surface area contributed by atoms with Crippen molar-refractivity contribution in [2.75, 3.05) is 11.4 Å². The number of carbonyl (C=O) groups excluding carboxylic acids is 2. The van der Waals surface area contributed by atoms with E-state index in [1.54, 1.807) is 42.3 Å². The highest BCUT2D eigenvalue weighted by Crippen LogP contribution is 2.69. The fourth-order valence-electron chi connectivity index (χ4n) is 6.33. The molecule has 0 N–H and O–H groups in total. The van der Waals surface area contributed by atoms with Gasteiger partial charge in [0.1, 0.15) is 6.17 Å². The van der Waals surface area contributed by atoms with Gasteiger partial charge >= 0.3 is 0 Å². The number of rotatable bonds is 3. The van der Waals surface area contributed by atoms with Crippen LogP contribution in [0.4, 0.5) is 5.69 Å². The molecule has 2 aromatic carbocycles. The Bertz CT molecular complexity index is 1470. The fraction of sp³-hybridized carbons (Fsp3) is 0.280. The van der Waals surface area contributed by atoms with E-state index >= 15 is 0 Å². The van der Waals surface area contributed by atoms with E-state index in [9.17, 15) is 18.0 Å². The molecule has 10 heteroatoms. The molecule has 7 nitrogen and oxygen atoms in total. The number of amides is 2. The molecule has 6 aliphatic rings. The van der Waals surface area contributed by atoms with E-state index in [1.807, 2.05) is 36.4 Å². The lowest BCUT2D eigenvalue weighted by molar-refractivity contribution is -0.158. The number of fused-ring (bicyclic) bond motifs is 5. The van der Waals surface area contributed by atoms with Crippen LogP contribution in [-0.2, 0) is 25.0 Å². The number of hydrogen-bond acceptors (Lipinski definition) is 6. The molecule has 5 heterocycles. The molecule has 0 radical (unpaired) electrons. The first-order valence-corrected chi connectivity index (χ1v) is 15.0. The summed E-state index contributed by atoms with van der Waals surface area (Å²) in [6.07, 6.45) is 6.35. The Morgan fingerprint density at radius 3 is 2.51 bits per heavy atom. The molecule has 35 heavy (non-hydrogen) atoms. The number of piperazine rings is 1. The van der Waals surface area contributed by atoms with Crippen LogP contribution in [0.2, 0.25) is 0 Å². The van der Waals surface area contributed by atoms with E-state index in [-0.39, 0.29) is 16.7 Å². The second-order valence-electron chi connectivity index (χ2n) is 9.39. The first-order valence-electron chi connectivity index (χ1n) is 11.4. The SMILES string of the molecule is CN1C(=O)[C@@]23C[C@]4(C5=CCC=C5)c5ccccc5N(S(=O)(=O)c5ccccc5)[C@@H]4N2C(=O)[C@@H]1SS3. The minimum absolute atomic E-state index is 0.142. The van der Waals surface area contributed by atoms with Crippen molar-refractivity contribution in [3.63, 3.8) is 0 Å². The van der Waals surface area contributed by atoms with Crippen LogP contribution >= 0.6 is 21.6 Å². The highest BCUT2D eigenvalue weighted by atomic mass is 33.1. The maximum absolute atomic E-state index is 14.3. The van der Waals surface area contributed by atoms with Crippen LogP contribution in [0.25, 0.3) is 0 Å². The van der Waals surface area contributed by atoms with Crippen LogP contribution in [0.1, 0.15) is 18.4 Å². The predicted molar refractivity (Wildman–Crippen MR) is 136 cm³/mol. The van der Waals surface area contributed by atoms with Gasteiger partial charge in [-0.25, -0.2) is 12.7 Å². The molecular weight excluding hydrogens is 502 g/mol. The minimum atomic E-state index is -4.05. The zero-order valence-electron chi connectivity index (χ0n) is 18.7. The van der Waals surface area contributed by atoms with E-state index in [1.165, 1.54) is 30.8 Å². The molecule has 0 unspecified atom stereocenters. The monoisotopic (exact) mass is 523 g/mol. The summed E-state index contributed by atoms with van der Waals surface area (Å²) in [4.78, 5) is 29.8. The summed E-state index contributed by atoms with van der Waals surface area (Å²) < 4.78 is 30.0. The molecule has 1 spiro atoms. The molecule has 4 atom stereocenters. The first kappa shape index (κ1) is 21.6. The Morgan fingerprint density at radius 2 is 1.77 bits per heavy atom. The van der Waals surface area contributed by atoms with Gasteiger partial charge in [-0.2, -0.15) is 0 Å². The minimum Gasteiger partial charge on any atom is -0.322 e. The third-order valence-electron chi connectivity index (χ3n) is 7.76. The van der Waals surface area contributed by atoms with Crippen molar-refractivity contribution in [2.24, 2.45) is 0 Å². The number of benzene rings is 2. The lowest BCUT2D eigenvalue weighted by Crippen LogP contribution is -2.72. The van der Waals surface area contributed by atoms with Crippen molar-refractivity contribution in [3.05, 3.63) is 84.0 Å². The molecule has 2 amide bonds. The normalized spacial score (nSPS) is 32.7. The number of nitrogens with zero attached hydrogens (tertiary/aromatic N) is 3. The summed E-state index contributed by atoms with van der Waals surface area (Å²) in [6.45, 7) is 0. The molecule has 8 rings (SSSR count). The molecule has 2 bridgehead atoms. The van der Waals surface area contributed by atoms with Gasteiger partial charge in [0.2, 0.25) is 0 Å². The molecular formula is C25H21N3O4S3. The van der Waals surface area contributed by atoms with Crippen LogP contribution in [0, 0.1) is 0 Å². The molecule has 5 aliphatic heterocycles. The summed E-state index contributed by atoms with van der Waals surface area (Å²) in [5.41, 5.74) is 1.50. The molecule has 1 aliphatic carbocycles. The Labute approximate surface area is 211 Å². The zero-order chi connectivity index (χ0) is 24.2. The summed E-state index contributed by atoms with van der Waals surface area (Å²) in [7, 11) is 0.406. The molecule has 0 saturated carbocycles. The second-order valence-corrected chi connectivity index (χ2v) is 13.8. The summed E-state index contributed by atoms with van der Waals surface area (Å²) >= 11 is 0. The smallest absolute Gasteiger partial charge is 0.266 e. The average molecular weight is 524 g/mol. The van der Waals surface area contributed by atoms with E-state index in [4.69, 9.17) is 0 Å². The Hall–Kier alpha value is -2.69. The van der Waals surface area contributed by atoms with Gasteiger partial charge in [0.05, 0.1) is 16.0 Å². The van der Waals surface area contributed by atoms with Crippen LogP contribution in [-0.4, -0.2) is 53.5 Å². The van der Waals surface area contributed by atoms with Gasteiger partial charge in [0, 0.05) is 13.5 Å². The highest BCUT2D eigenvalue weighted by molar-refractivity contribution is 8.78. The van der Waals surface area contributed by atoms with E-state index in [2.05, 4.69) is 6.08 Å². The zero-order valence-corrected chi connectivity index (χ0v) is 21.1. The van der Waals surface area contributed by atoms with Crippen LogP contribution in [0.3, 0.4) is 0 Å². The van der Waals surface area contributed by atoms with E-state index in [0.29, 0.717) is 12.1 Å². The maximum Gasteiger partial charge on any atom is 0.266 e. The standard InChI is InChI=1S/C25H21N3O4S3/c1-26-21-20(29)27-22-24(16-9-5-6-10-16,15-25(27,23(26)30)34-33-21)18-13-7-8-14-19(18)28(22)35(31,32)17-11-3-2-4-12-17/h2-5,7-14,21-22H,6,15H2,1H3/t21-,22-,24-,25-/m0/s1. The van der Waals surface area contributed by atoms with Crippen molar-refractivity contribution in [2.45, 2.75) is 39.6 Å². The summed E-state index contributed by atoms with van der Waals surface area (Å²) in [5.74, 6) is -0.358. The molecule has 4 saturated heterocycles. The first-order chi connectivity index (χ1) is 16.8. The van der Waals surface area contributed by atoms with Crippen LogP contribution in [0.15, 0.2) is 83.3 Å². The van der Waals surface area contributed by atoms with Gasteiger partial charge in [0.25, 0.3) is 21.8 Å². The third kappa shape index (κ3) is 2.43. The van der Waals surface area contributed by atoms with Crippen molar-refractivity contribution < 1.29 is 18.0 Å². The Kier molecular flexibility index (Phi) is 4.29. The van der Waals surface area contributed by atoms with Gasteiger partial charge in [-0.3, -0.25) is 14.5 Å². The third-order valence-corrected chi connectivity index (χ3v) is 12.8. The topological polar surface area (TPSA) is 78.0 Å². The van der Waals surface area contributed by atoms with E-state index < -0.39 is 31.8 Å². The number of hydrogen-bond donors (Lipinski definition) is 0. The van der Waals surface area contributed by atoms with Gasteiger partial charge in [-0.15, -0.1) is 0 Å². The average Bonchev–Trinajstić information content (AvgIpc) is 3.56. The maximum atomic E-state index is 14.3. The van der Waals surface area contributed by atoms with Gasteiger partial charge in [-0.05, 0) is 35.8 Å². The fourth-order valence-corrected chi connectivity index (χ4v) is 11.5.